The van der Waals surface area contributed by atoms with Crippen molar-refractivity contribution in [3.8, 4) is 0 Å². The lowest BCUT2D eigenvalue weighted by molar-refractivity contribution is 0.0287. The molecule has 0 aromatic rings. The van der Waals surface area contributed by atoms with Crippen LogP contribution < -0.4 is 4.72 Å². The van der Waals surface area contributed by atoms with E-state index in [-0.39, 0.29) is 5.41 Å². The van der Waals surface area contributed by atoms with Crippen molar-refractivity contribution in [2.45, 2.75) is 25.7 Å². The maximum atomic E-state index is 12.6. The van der Waals surface area contributed by atoms with Crippen LogP contribution in [0.15, 0.2) is 0 Å². The van der Waals surface area contributed by atoms with Crippen LogP contribution >= 0.6 is 0 Å². The first-order valence-electron chi connectivity index (χ1n) is 9.07. The van der Waals surface area contributed by atoms with Gasteiger partial charge in [0.2, 0.25) is 0 Å². The van der Waals surface area contributed by atoms with E-state index in [0.717, 1.165) is 58.5 Å². The fourth-order valence-electron chi connectivity index (χ4n) is 3.75. The normalized spacial score (nSPS) is 28.8. The highest BCUT2D eigenvalue weighted by Crippen LogP contribution is 2.46. The molecule has 0 aromatic heterocycles. The van der Waals surface area contributed by atoms with Crippen molar-refractivity contribution in [2.24, 2.45) is 11.3 Å². The molecule has 3 rings (SSSR count). The molecule has 140 valence electrons. The van der Waals surface area contributed by atoms with Crippen LogP contribution in [0.4, 0.5) is 0 Å². The van der Waals surface area contributed by atoms with Gasteiger partial charge in [-0.15, -0.1) is 0 Å². The second kappa shape index (κ2) is 7.97. The summed E-state index contributed by atoms with van der Waals surface area (Å²) in [6.45, 7) is 6.84. The van der Waals surface area contributed by atoms with Crippen LogP contribution in [0.5, 0.6) is 0 Å². The molecule has 1 unspecified atom stereocenters. The molecule has 8 heteroatoms. The molecule has 1 saturated carbocycles. The topological polar surface area (TPSA) is 71.1 Å². The van der Waals surface area contributed by atoms with E-state index < -0.39 is 10.2 Å². The highest BCUT2D eigenvalue weighted by atomic mass is 32.2. The number of hydrogen-bond donors (Lipinski definition) is 1. The molecule has 2 heterocycles. The number of piperidine rings is 1. The lowest BCUT2D eigenvalue weighted by Gasteiger charge is -2.33. The molecule has 3 fully saturated rings. The summed E-state index contributed by atoms with van der Waals surface area (Å²) in [5, 5.41) is 0. The summed E-state index contributed by atoms with van der Waals surface area (Å²) in [5.74, 6) is 0.309. The van der Waals surface area contributed by atoms with E-state index in [4.69, 9.17) is 9.47 Å². The van der Waals surface area contributed by atoms with Crippen LogP contribution in [-0.4, -0.2) is 83.8 Å². The standard InChI is InChI=1S/C16H31N3O4S/c1-22-12-15-3-2-6-19(11-15)24(20,21)17-13-16(4-5-16)14-18-7-9-23-10-8-18/h15,17H,2-14H2,1H3. The van der Waals surface area contributed by atoms with Gasteiger partial charge in [-0.1, -0.05) is 0 Å². The Morgan fingerprint density at radius 1 is 1.25 bits per heavy atom. The predicted octanol–water partition coefficient (Wildman–Crippen LogP) is 0.292. The van der Waals surface area contributed by atoms with Crippen molar-refractivity contribution in [3.63, 3.8) is 0 Å². The van der Waals surface area contributed by atoms with Gasteiger partial charge < -0.3 is 9.47 Å². The maximum absolute atomic E-state index is 12.6. The zero-order chi connectivity index (χ0) is 17.0. The van der Waals surface area contributed by atoms with E-state index in [1.807, 2.05) is 0 Å². The zero-order valence-electron chi connectivity index (χ0n) is 14.7. The van der Waals surface area contributed by atoms with Crippen molar-refractivity contribution >= 4 is 10.2 Å². The van der Waals surface area contributed by atoms with E-state index in [2.05, 4.69) is 9.62 Å². The first-order chi connectivity index (χ1) is 11.5. The third-order valence-corrected chi connectivity index (χ3v) is 6.99. The minimum absolute atomic E-state index is 0.131. The lowest BCUT2D eigenvalue weighted by Crippen LogP contribution is -2.49. The summed E-state index contributed by atoms with van der Waals surface area (Å²) in [6.07, 6.45) is 4.17. The van der Waals surface area contributed by atoms with Gasteiger partial charge in [0.25, 0.3) is 10.2 Å². The smallest absolute Gasteiger partial charge is 0.279 e. The van der Waals surface area contributed by atoms with Crippen molar-refractivity contribution < 1.29 is 17.9 Å². The van der Waals surface area contributed by atoms with E-state index >= 15 is 0 Å². The number of ether oxygens (including phenoxy) is 2. The Morgan fingerprint density at radius 2 is 2.00 bits per heavy atom. The van der Waals surface area contributed by atoms with Gasteiger partial charge in [0.15, 0.2) is 0 Å². The fraction of sp³-hybridized carbons (Fsp3) is 1.00. The van der Waals surface area contributed by atoms with Crippen molar-refractivity contribution in [1.29, 1.82) is 0 Å². The molecule has 1 N–H and O–H groups in total. The van der Waals surface area contributed by atoms with Crippen LogP contribution in [0.3, 0.4) is 0 Å². The van der Waals surface area contributed by atoms with E-state index in [1.165, 1.54) is 0 Å². The molecule has 0 spiro atoms. The summed E-state index contributed by atoms with van der Waals surface area (Å²) < 4.78 is 40.4. The van der Waals surface area contributed by atoms with Crippen LogP contribution in [-0.2, 0) is 19.7 Å². The summed E-state index contributed by atoms with van der Waals surface area (Å²) in [6, 6.07) is 0. The predicted molar refractivity (Wildman–Crippen MR) is 92.0 cm³/mol. The molecule has 24 heavy (non-hydrogen) atoms. The molecule has 3 aliphatic rings. The minimum atomic E-state index is -3.38. The largest absolute Gasteiger partial charge is 0.384 e. The highest BCUT2D eigenvalue weighted by molar-refractivity contribution is 7.87. The third kappa shape index (κ3) is 4.89. The Kier molecular flexibility index (Phi) is 6.16. The van der Waals surface area contributed by atoms with E-state index in [9.17, 15) is 8.42 Å². The van der Waals surface area contributed by atoms with Gasteiger partial charge >= 0.3 is 0 Å². The summed E-state index contributed by atoms with van der Waals surface area (Å²) in [5.41, 5.74) is 0.131. The zero-order valence-corrected chi connectivity index (χ0v) is 15.5. The minimum Gasteiger partial charge on any atom is -0.384 e. The van der Waals surface area contributed by atoms with Crippen LogP contribution in [0, 0.1) is 11.3 Å². The number of nitrogens with zero attached hydrogens (tertiary/aromatic N) is 2. The van der Waals surface area contributed by atoms with Gasteiger partial charge in [-0.05, 0) is 37.0 Å². The number of methoxy groups -OCH3 is 1. The van der Waals surface area contributed by atoms with Crippen molar-refractivity contribution in [1.82, 2.24) is 13.9 Å². The molecule has 0 amide bonds. The fourth-order valence-corrected chi connectivity index (χ4v) is 5.20. The Hall–Kier alpha value is -0.250. The van der Waals surface area contributed by atoms with Crippen molar-refractivity contribution in [2.75, 3.05) is 66.2 Å². The number of rotatable bonds is 8. The molecule has 0 aromatic carbocycles. The van der Waals surface area contributed by atoms with Crippen LogP contribution in [0.1, 0.15) is 25.7 Å². The van der Waals surface area contributed by atoms with Crippen LogP contribution in [0.25, 0.3) is 0 Å². The van der Waals surface area contributed by atoms with E-state index in [1.54, 1.807) is 11.4 Å². The lowest BCUT2D eigenvalue weighted by atomic mass is 10.0. The van der Waals surface area contributed by atoms with E-state index in [0.29, 0.717) is 32.2 Å². The van der Waals surface area contributed by atoms with Crippen LogP contribution in [0.2, 0.25) is 0 Å². The first kappa shape index (κ1) is 18.5. The van der Waals surface area contributed by atoms with Gasteiger partial charge in [-0.2, -0.15) is 12.7 Å². The Labute approximate surface area is 145 Å². The summed E-state index contributed by atoms with van der Waals surface area (Å²) in [4.78, 5) is 2.40. The second-order valence-corrected chi connectivity index (χ2v) is 9.29. The van der Waals surface area contributed by atoms with Gasteiger partial charge in [0.1, 0.15) is 0 Å². The van der Waals surface area contributed by atoms with Crippen molar-refractivity contribution in [3.05, 3.63) is 0 Å². The number of hydrogen-bond acceptors (Lipinski definition) is 5. The second-order valence-electron chi connectivity index (χ2n) is 7.54. The molecule has 2 saturated heterocycles. The Balaban J connectivity index is 1.49. The Morgan fingerprint density at radius 3 is 2.67 bits per heavy atom. The summed E-state index contributed by atoms with van der Waals surface area (Å²) in [7, 11) is -1.71. The molecule has 1 atom stereocenters. The van der Waals surface area contributed by atoms with Gasteiger partial charge in [-0.3, -0.25) is 4.90 Å². The first-order valence-corrected chi connectivity index (χ1v) is 10.5. The molecular formula is C16H31N3O4S. The number of nitrogens with one attached hydrogen (secondary N) is 1. The SMILES string of the molecule is COCC1CCCN(S(=O)(=O)NCC2(CN3CCOCC3)CC2)C1. The molecule has 0 radical (unpaired) electrons. The summed E-state index contributed by atoms with van der Waals surface area (Å²) >= 11 is 0. The third-order valence-electron chi connectivity index (χ3n) is 5.47. The molecule has 2 aliphatic heterocycles. The maximum Gasteiger partial charge on any atom is 0.279 e. The average molecular weight is 362 g/mol. The quantitative estimate of drug-likeness (QED) is 0.673. The molecule has 1 aliphatic carbocycles. The average Bonchev–Trinajstić information content (AvgIpc) is 3.35. The molecular weight excluding hydrogens is 330 g/mol. The monoisotopic (exact) mass is 361 g/mol. The van der Waals surface area contributed by atoms with Gasteiger partial charge in [-0.25, -0.2) is 4.72 Å². The number of morpholine rings is 1. The Bertz CT molecular complexity index is 501. The molecule has 0 bridgehead atoms. The van der Waals surface area contributed by atoms with Gasteiger partial charge in [0, 0.05) is 46.4 Å². The van der Waals surface area contributed by atoms with Gasteiger partial charge in [0.05, 0.1) is 19.8 Å². The highest BCUT2D eigenvalue weighted by Gasteiger charge is 2.45. The molecule has 7 nitrogen and oxygen atoms in total.